The van der Waals surface area contributed by atoms with Crippen molar-refractivity contribution in [2.24, 2.45) is 10.2 Å². The van der Waals surface area contributed by atoms with E-state index in [1.807, 2.05) is 13.0 Å². The maximum Gasteiger partial charge on any atom is 0.239 e. The summed E-state index contributed by atoms with van der Waals surface area (Å²) in [6.45, 7) is 3.54. The number of hydrogen-bond acceptors (Lipinski definition) is 7. The van der Waals surface area contributed by atoms with Crippen LogP contribution in [0.2, 0.25) is 0 Å². The molecule has 2 rings (SSSR count). The van der Waals surface area contributed by atoms with Crippen LogP contribution in [0.3, 0.4) is 0 Å². The Morgan fingerprint density at radius 1 is 1.55 bits per heavy atom. The van der Waals surface area contributed by atoms with Crippen molar-refractivity contribution in [3.05, 3.63) is 23.7 Å². The van der Waals surface area contributed by atoms with E-state index in [9.17, 15) is 14.7 Å². The molecule has 7 nitrogen and oxygen atoms in total. The van der Waals surface area contributed by atoms with E-state index in [0.717, 1.165) is 17.5 Å². The van der Waals surface area contributed by atoms with Crippen molar-refractivity contribution < 1.29 is 19.1 Å². The monoisotopic (exact) mass is 294 g/mol. The van der Waals surface area contributed by atoms with Crippen molar-refractivity contribution in [3.8, 4) is 0 Å². The van der Waals surface area contributed by atoms with Crippen molar-refractivity contribution in [1.82, 2.24) is 5.32 Å². The Balaban J connectivity index is 2.05. The first-order chi connectivity index (χ1) is 9.45. The van der Waals surface area contributed by atoms with Gasteiger partial charge in [-0.25, -0.2) is 0 Å². The topological polar surface area (TPSA) is 107 Å². The molecule has 0 aromatic carbocycles. The lowest BCUT2D eigenvalue weighted by Gasteiger charge is -2.04. The second kappa shape index (κ2) is 5.91. The van der Waals surface area contributed by atoms with Gasteiger partial charge in [-0.05, 0) is 26.0 Å². The quantitative estimate of drug-likeness (QED) is 0.623. The highest BCUT2D eigenvalue weighted by Crippen LogP contribution is 2.22. The minimum atomic E-state index is -1.27. The number of carboxylic acid groups (broad SMARTS) is 1. The van der Waals surface area contributed by atoms with Gasteiger partial charge in [-0.15, -0.1) is 10.2 Å². The Labute approximate surface area is 119 Å². The van der Waals surface area contributed by atoms with Crippen molar-refractivity contribution in [2.75, 3.05) is 0 Å². The Kier molecular flexibility index (Phi) is 4.23. The molecular formula is C12H12N3O4S-. The van der Waals surface area contributed by atoms with E-state index in [4.69, 9.17) is 4.42 Å². The van der Waals surface area contributed by atoms with Crippen LogP contribution in [0.15, 0.2) is 26.8 Å². The van der Waals surface area contributed by atoms with Gasteiger partial charge in [0.1, 0.15) is 17.2 Å². The Morgan fingerprint density at radius 2 is 2.30 bits per heavy atom. The number of carbonyl (C=O) groups is 2. The van der Waals surface area contributed by atoms with Crippen LogP contribution < -0.4 is 10.4 Å². The molecule has 1 aliphatic rings. The summed E-state index contributed by atoms with van der Waals surface area (Å²) in [6.07, 6.45) is -0.352. The molecule has 1 aliphatic heterocycles. The number of aryl methyl sites for hydroxylation is 1. The number of aliphatic carboxylic acids is 1. The van der Waals surface area contributed by atoms with E-state index in [0.29, 0.717) is 11.5 Å². The molecule has 8 heteroatoms. The zero-order valence-corrected chi connectivity index (χ0v) is 11.7. The van der Waals surface area contributed by atoms with E-state index >= 15 is 0 Å². The lowest BCUT2D eigenvalue weighted by molar-refractivity contribution is -0.305. The number of amides is 1. The molecule has 1 fully saturated rings. The molecule has 1 amide bonds. The van der Waals surface area contributed by atoms with Crippen LogP contribution in [0.25, 0.3) is 0 Å². The SMILES string of the molecule is C/C(=N/N=C1/NC(=O)[C@H](CC(=O)[O-])S1)c1ccc(C)o1. The van der Waals surface area contributed by atoms with Crippen molar-refractivity contribution in [1.29, 1.82) is 0 Å². The van der Waals surface area contributed by atoms with Gasteiger partial charge in [0, 0.05) is 12.4 Å². The van der Waals surface area contributed by atoms with Gasteiger partial charge in [-0.3, -0.25) is 4.79 Å². The summed E-state index contributed by atoms with van der Waals surface area (Å²) in [5.74, 6) is -0.323. The highest BCUT2D eigenvalue weighted by atomic mass is 32.2. The molecule has 1 aromatic rings. The first-order valence-electron chi connectivity index (χ1n) is 5.82. The smallest absolute Gasteiger partial charge is 0.239 e. The molecule has 0 aliphatic carbocycles. The van der Waals surface area contributed by atoms with Crippen molar-refractivity contribution in [2.45, 2.75) is 25.5 Å². The van der Waals surface area contributed by atoms with Gasteiger partial charge in [0.25, 0.3) is 0 Å². The number of carboxylic acids is 1. The summed E-state index contributed by atoms with van der Waals surface area (Å²) in [4.78, 5) is 21.9. The molecule has 0 saturated carbocycles. The Bertz CT molecular complexity index is 606. The highest BCUT2D eigenvalue weighted by molar-refractivity contribution is 8.15. The van der Waals surface area contributed by atoms with Crippen LogP contribution in [0.1, 0.15) is 24.9 Å². The molecule has 2 heterocycles. The largest absolute Gasteiger partial charge is 0.550 e. The lowest BCUT2D eigenvalue weighted by Crippen LogP contribution is -2.31. The predicted octanol–water partition coefficient (Wildman–Crippen LogP) is 0.0396. The predicted molar refractivity (Wildman–Crippen MR) is 72.2 cm³/mol. The van der Waals surface area contributed by atoms with Crippen LogP contribution in [0.5, 0.6) is 0 Å². The van der Waals surface area contributed by atoms with Gasteiger partial charge in [0.2, 0.25) is 5.91 Å². The maximum atomic E-state index is 11.5. The average molecular weight is 294 g/mol. The Morgan fingerprint density at radius 3 is 2.90 bits per heavy atom. The van der Waals surface area contributed by atoms with Crippen LogP contribution in [-0.2, 0) is 9.59 Å². The number of thioether (sulfide) groups is 1. The van der Waals surface area contributed by atoms with Crippen LogP contribution >= 0.6 is 11.8 Å². The zero-order chi connectivity index (χ0) is 14.7. The van der Waals surface area contributed by atoms with Crippen LogP contribution in [0, 0.1) is 6.92 Å². The van der Waals surface area contributed by atoms with Crippen LogP contribution in [0.4, 0.5) is 0 Å². The number of hydrogen-bond donors (Lipinski definition) is 1. The summed E-state index contributed by atoms with van der Waals surface area (Å²) in [5, 5.41) is 20.3. The molecule has 106 valence electrons. The van der Waals surface area contributed by atoms with Gasteiger partial charge in [-0.2, -0.15) is 0 Å². The number of carbonyl (C=O) groups excluding carboxylic acids is 2. The van der Waals surface area contributed by atoms with Gasteiger partial charge in [0.15, 0.2) is 5.17 Å². The highest BCUT2D eigenvalue weighted by Gasteiger charge is 2.30. The standard InChI is InChI=1S/C12H13N3O4S/c1-6-3-4-8(19-6)7(2)14-15-12-13-11(18)9(20-12)5-10(16)17/h3-4,9H,5H2,1-2H3,(H,16,17)(H,13,15,18)/p-1/b14-7-/t9-/m0/s1. The second-order valence-corrected chi connectivity index (χ2v) is 5.36. The van der Waals surface area contributed by atoms with E-state index in [1.165, 1.54) is 0 Å². The van der Waals surface area contributed by atoms with Gasteiger partial charge in [0.05, 0.1) is 5.25 Å². The number of rotatable bonds is 4. The first kappa shape index (κ1) is 14.3. The van der Waals surface area contributed by atoms with Crippen molar-refractivity contribution in [3.63, 3.8) is 0 Å². The number of amidine groups is 1. The molecule has 0 bridgehead atoms. The fourth-order valence-corrected chi connectivity index (χ4v) is 2.44. The zero-order valence-electron chi connectivity index (χ0n) is 10.9. The normalized spacial score (nSPS) is 21.3. The van der Waals surface area contributed by atoms with Crippen LogP contribution in [-0.4, -0.2) is 28.0 Å². The summed E-state index contributed by atoms with van der Waals surface area (Å²) >= 11 is 1.02. The third-order valence-electron chi connectivity index (χ3n) is 2.52. The summed E-state index contributed by atoms with van der Waals surface area (Å²) in [7, 11) is 0. The molecule has 0 radical (unpaired) electrons. The molecule has 20 heavy (non-hydrogen) atoms. The Hall–Kier alpha value is -2.09. The van der Waals surface area contributed by atoms with E-state index in [1.54, 1.807) is 13.0 Å². The average Bonchev–Trinajstić information content (AvgIpc) is 2.93. The molecule has 1 aromatic heterocycles. The minimum absolute atomic E-state index is 0.267. The van der Waals surface area contributed by atoms with E-state index in [2.05, 4.69) is 15.5 Å². The third-order valence-corrected chi connectivity index (χ3v) is 3.59. The molecule has 1 atom stereocenters. The summed E-state index contributed by atoms with van der Waals surface area (Å²) in [5.41, 5.74) is 0.559. The lowest BCUT2D eigenvalue weighted by atomic mass is 10.3. The number of furan rings is 1. The molecule has 1 N–H and O–H groups in total. The second-order valence-electron chi connectivity index (χ2n) is 4.17. The fraction of sp³-hybridized carbons (Fsp3) is 0.333. The van der Waals surface area contributed by atoms with Gasteiger partial charge in [-0.1, -0.05) is 11.8 Å². The maximum absolute atomic E-state index is 11.5. The number of nitrogens with one attached hydrogen (secondary N) is 1. The number of nitrogens with zero attached hydrogens (tertiary/aromatic N) is 2. The first-order valence-corrected chi connectivity index (χ1v) is 6.70. The molecule has 1 saturated heterocycles. The summed E-state index contributed by atoms with van der Waals surface area (Å²) in [6, 6.07) is 3.58. The molecule has 0 spiro atoms. The summed E-state index contributed by atoms with van der Waals surface area (Å²) < 4.78 is 5.38. The molecule has 0 unspecified atom stereocenters. The molecular weight excluding hydrogens is 282 g/mol. The van der Waals surface area contributed by atoms with E-state index < -0.39 is 17.1 Å². The third kappa shape index (κ3) is 3.47. The fourth-order valence-electron chi connectivity index (χ4n) is 1.54. The van der Waals surface area contributed by atoms with Crippen molar-refractivity contribution >= 4 is 34.5 Å². The van der Waals surface area contributed by atoms with Gasteiger partial charge >= 0.3 is 0 Å². The van der Waals surface area contributed by atoms with Gasteiger partial charge < -0.3 is 19.6 Å². The van der Waals surface area contributed by atoms with E-state index in [-0.39, 0.29) is 11.6 Å². The minimum Gasteiger partial charge on any atom is -0.550 e.